The summed E-state index contributed by atoms with van der Waals surface area (Å²) in [4.78, 5) is 28.5. The normalized spacial score (nSPS) is 13.4. The van der Waals surface area contributed by atoms with Gasteiger partial charge in [0.1, 0.15) is 0 Å². The predicted octanol–water partition coefficient (Wildman–Crippen LogP) is 2.64. The molecular formula is C24H27N3O4. The number of carbonyl (C=O) groups is 2. The van der Waals surface area contributed by atoms with Crippen LogP contribution in [0.5, 0.6) is 11.5 Å². The number of piperazine rings is 1. The highest BCUT2D eigenvalue weighted by atomic mass is 16.5. The van der Waals surface area contributed by atoms with Crippen molar-refractivity contribution >= 4 is 11.8 Å². The van der Waals surface area contributed by atoms with Crippen LogP contribution in [0.1, 0.15) is 24.0 Å². The van der Waals surface area contributed by atoms with E-state index in [4.69, 9.17) is 14.7 Å². The minimum Gasteiger partial charge on any atom is -0.493 e. The number of nitrogens with zero attached hydrogens (tertiary/aromatic N) is 3. The molecule has 1 aliphatic heterocycles. The molecule has 1 fully saturated rings. The first-order chi connectivity index (χ1) is 15.1. The van der Waals surface area contributed by atoms with Gasteiger partial charge in [0.25, 0.3) is 5.91 Å². The topological polar surface area (TPSA) is 82.9 Å². The Morgan fingerprint density at radius 2 is 1.65 bits per heavy atom. The van der Waals surface area contributed by atoms with Crippen LogP contribution in [0.15, 0.2) is 48.5 Å². The molecule has 0 aliphatic carbocycles. The van der Waals surface area contributed by atoms with Gasteiger partial charge in [0.05, 0.1) is 18.7 Å². The molecule has 1 aliphatic rings. The highest BCUT2D eigenvalue weighted by molar-refractivity contribution is 5.79. The van der Waals surface area contributed by atoms with E-state index in [1.165, 1.54) is 12.7 Å². The van der Waals surface area contributed by atoms with Gasteiger partial charge >= 0.3 is 0 Å². The molecule has 7 nitrogen and oxygen atoms in total. The summed E-state index contributed by atoms with van der Waals surface area (Å²) in [7, 11) is 1.49. The molecular weight excluding hydrogens is 394 g/mol. The van der Waals surface area contributed by atoms with Crippen molar-refractivity contribution in [3.05, 3.63) is 59.7 Å². The van der Waals surface area contributed by atoms with Crippen molar-refractivity contribution in [3.63, 3.8) is 0 Å². The Hall–Kier alpha value is -3.53. The average molecular weight is 421 g/mol. The monoisotopic (exact) mass is 421 g/mol. The van der Waals surface area contributed by atoms with Crippen molar-refractivity contribution in [3.8, 4) is 17.6 Å². The molecule has 0 radical (unpaired) electrons. The third-order valence-corrected chi connectivity index (χ3v) is 5.33. The standard InChI is InChI=1S/C24H27N3O4/c1-30-22-16-20(17-25)10-11-21(22)31-18-24(29)27-14-12-26(13-15-27)23(28)9-5-8-19-6-3-2-4-7-19/h2-4,6-7,10-11,16H,5,8-9,12-15,18H2,1H3. The lowest BCUT2D eigenvalue weighted by molar-refractivity contribution is -0.140. The lowest BCUT2D eigenvalue weighted by atomic mass is 10.1. The van der Waals surface area contributed by atoms with Gasteiger partial charge in [-0.15, -0.1) is 0 Å². The van der Waals surface area contributed by atoms with Crippen LogP contribution in [0.4, 0.5) is 0 Å². The maximum Gasteiger partial charge on any atom is 0.260 e. The minimum atomic E-state index is -0.136. The zero-order valence-corrected chi connectivity index (χ0v) is 17.8. The molecule has 0 bridgehead atoms. The molecule has 0 unspecified atom stereocenters. The zero-order chi connectivity index (χ0) is 22.1. The summed E-state index contributed by atoms with van der Waals surface area (Å²) in [5.74, 6) is 0.837. The van der Waals surface area contributed by atoms with E-state index in [9.17, 15) is 9.59 Å². The first-order valence-electron chi connectivity index (χ1n) is 10.4. The van der Waals surface area contributed by atoms with E-state index >= 15 is 0 Å². The summed E-state index contributed by atoms with van der Waals surface area (Å²) in [5, 5.41) is 8.96. The van der Waals surface area contributed by atoms with Crippen LogP contribution < -0.4 is 9.47 Å². The van der Waals surface area contributed by atoms with Gasteiger partial charge in [-0.05, 0) is 30.5 Å². The molecule has 7 heteroatoms. The quantitative estimate of drug-likeness (QED) is 0.654. The zero-order valence-electron chi connectivity index (χ0n) is 17.8. The van der Waals surface area contributed by atoms with Gasteiger partial charge in [-0.1, -0.05) is 30.3 Å². The maximum absolute atomic E-state index is 12.5. The summed E-state index contributed by atoms with van der Waals surface area (Å²) in [6.07, 6.45) is 2.23. The lowest BCUT2D eigenvalue weighted by Gasteiger charge is -2.34. The Morgan fingerprint density at radius 1 is 0.968 bits per heavy atom. The molecule has 0 atom stereocenters. The van der Waals surface area contributed by atoms with Crippen molar-refractivity contribution in [1.29, 1.82) is 5.26 Å². The van der Waals surface area contributed by atoms with Crippen molar-refractivity contribution in [2.75, 3.05) is 39.9 Å². The van der Waals surface area contributed by atoms with Crippen molar-refractivity contribution in [2.24, 2.45) is 0 Å². The summed E-state index contributed by atoms with van der Waals surface area (Å²) in [6.45, 7) is 1.95. The Kier molecular flexibility index (Phi) is 7.88. The summed E-state index contributed by atoms with van der Waals surface area (Å²) >= 11 is 0. The van der Waals surface area contributed by atoms with Crippen molar-refractivity contribution in [2.45, 2.75) is 19.3 Å². The van der Waals surface area contributed by atoms with Crippen LogP contribution in [0.25, 0.3) is 0 Å². The fourth-order valence-corrected chi connectivity index (χ4v) is 3.54. The number of nitriles is 1. The SMILES string of the molecule is COc1cc(C#N)ccc1OCC(=O)N1CCN(C(=O)CCCc2ccccc2)CC1. The second-order valence-corrected chi connectivity index (χ2v) is 7.37. The highest BCUT2D eigenvalue weighted by Gasteiger charge is 2.24. The molecule has 2 aromatic carbocycles. The Morgan fingerprint density at radius 3 is 2.29 bits per heavy atom. The molecule has 0 saturated carbocycles. The molecule has 0 aromatic heterocycles. The van der Waals surface area contributed by atoms with Gasteiger partial charge in [0.15, 0.2) is 18.1 Å². The Bertz CT molecular complexity index is 932. The smallest absolute Gasteiger partial charge is 0.260 e. The van der Waals surface area contributed by atoms with E-state index in [2.05, 4.69) is 12.1 Å². The van der Waals surface area contributed by atoms with E-state index < -0.39 is 0 Å². The molecule has 162 valence electrons. The molecule has 1 saturated heterocycles. The number of hydrogen-bond acceptors (Lipinski definition) is 5. The van der Waals surface area contributed by atoms with E-state index in [0.29, 0.717) is 49.7 Å². The predicted molar refractivity (Wildman–Crippen MR) is 116 cm³/mol. The van der Waals surface area contributed by atoms with Gasteiger partial charge in [0, 0.05) is 38.7 Å². The average Bonchev–Trinajstić information content (AvgIpc) is 2.83. The van der Waals surface area contributed by atoms with Gasteiger partial charge < -0.3 is 19.3 Å². The molecule has 2 aromatic rings. The Labute approximate surface area is 182 Å². The van der Waals surface area contributed by atoms with E-state index in [0.717, 1.165) is 12.8 Å². The fraction of sp³-hybridized carbons (Fsp3) is 0.375. The van der Waals surface area contributed by atoms with Crippen LogP contribution in [-0.2, 0) is 16.0 Å². The minimum absolute atomic E-state index is 0.118. The van der Waals surface area contributed by atoms with E-state index in [1.807, 2.05) is 29.2 Å². The van der Waals surface area contributed by atoms with Crippen LogP contribution >= 0.6 is 0 Å². The van der Waals surface area contributed by atoms with Crippen LogP contribution in [0.3, 0.4) is 0 Å². The van der Waals surface area contributed by atoms with Crippen LogP contribution in [0, 0.1) is 11.3 Å². The van der Waals surface area contributed by atoms with Gasteiger partial charge in [-0.3, -0.25) is 9.59 Å². The molecule has 2 amide bonds. The summed E-state index contributed by atoms with van der Waals surface area (Å²) < 4.78 is 10.8. The summed E-state index contributed by atoms with van der Waals surface area (Å²) in [5.41, 5.74) is 1.70. The first kappa shape index (κ1) is 22.2. The maximum atomic E-state index is 12.5. The first-order valence-corrected chi connectivity index (χ1v) is 10.4. The van der Waals surface area contributed by atoms with Gasteiger partial charge in [-0.25, -0.2) is 0 Å². The number of ether oxygens (including phenoxy) is 2. The van der Waals surface area contributed by atoms with E-state index in [1.54, 1.807) is 23.1 Å². The van der Waals surface area contributed by atoms with E-state index in [-0.39, 0.29) is 18.4 Å². The van der Waals surface area contributed by atoms with Gasteiger partial charge in [-0.2, -0.15) is 5.26 Å². The second kappa shape index (κ2) is 11.0. The lowest BCUT2D eigenvalue weighted by Crippen LogP contribution is -2.51. The third kappa shape index (κ3) is 6.22. The van der Waals surface area contributed by atoms with Crippen molar-refractivity contribution < 1.29 is 19.1 Å². The molecule has 0 spiro atoms. The number of methoxy groups -OCH3 is 1. The number of benzene rings is 2. The fourth-order valence-electron chi connectivity index (χ4n) is 3.54. The van der Waals surface area contributed by atoms with Gasteiger partial charge in [0.2, 0.25) is 5.91 Å². The second-order valence-electron chi connectivity index (χ2n) is 7.37. The molecule has 31 heavy (non-hydrogen) atoms. The molecule has 3 rings (SSSR count). The largest absolute Gasteiger partial charge is 0.493 e. The van der Waals surface area contributed by atoms with Crippen molar-refractivity contribution in [1.82, 2.24) is 9.80 Å². The molecule has 1 heterocycles. The molecule has 0 N–H and O–H groups in total. The van der Waals surface area contributed by atoms with Crippen LogP contribution in [-0.4, -0.2) is 61.5 Å². The number of amides is 2. The number of hydrogen-bond donors (Lipinski definition) is 0. The Balaban J connectivity index is 1.40. The summed E-state index contributed by atoms with van der Waals surface area (Å²) in [6, 6.07) is 17.0. The number of carbonyl (C=O) groups excluding carboxylic acids is 2. The third-order valence-electron chi connectivity index (χ3n) is 5.33. The number of rotatable bonds is 8. The highest BCUT2D eigenvalue weighted by Crippen LogP contribution is 2.27. The number of aryl methyl sites for hydroxylation is 1. The van der Waals surface area contributed by atoms with Crippen LogP contribution in [0.2, 0.25) is 0 Å².